The van der Waals surface area contributed by atoms with Crippen LogP contribution in [0.4, 0.5) is 0 Å². The van der Waals surface area contributed by atoms with Crippen LogP contribution in [-0.4, -0.2) is 17.2 Å². The number of hydrogen-bond donors (Lipinski definition) is 2. The Bertz CT molecular complexity index is 434. The first-order valence-electron chi connectivity index (χ1n) is 5.85. The molecule has 0 unspecified atom stereocenters. The zero-order chi connectivity index (χ0) is 12.8. The fraction of sp³-hybridized carbons (Fsp3) is 0.286. The summed E-state index contributed by atoms with van der Waals surface area (Å²) in [5.74, 6) is 0. The molecule has 3 heteroatoms. The Morgan fingerprint density at radius 2 is 1.94 bits per heavy atom. The Labute approximate surface area is 103 Å². The number of hydrogen-bond acceptors (Lipinski definition) is 2. The minimum absolute atomic E-state index is 0.527. The number of benzene rings is 1. The second-order valence-electron chi connectivity index (χ2n) is 4.22. The van der Waals surface area contributed by atoms with E-state index in [1.165, 1.54) is 0 Å². The molecule has 0 aromatic heterocycles. The highest BCUT2D eigenvalue weighted by Gasteiger charge is 2.12. The molecule has 0 atom stereocenters. The van der Waals surface area contributed by atoms with Crippen molar-refractivity contribution in [2.24, 2.45) is 0 Å². The van der Waals surface area contributed by atoms with Crippen molar-refractivity contribution in [3.63, 3.8) is 0 Å². The Morgan fingerprint density at radius 1 is 1.29 bits per heavy atom. The summed E-state index contributed by atoms with van der Waals surface area (Å²) in [6, 6.07) is 7.88. The molecule has 0 aliphatic heterocycles. The maximum atomic E-state index is 9.35. The number of rotatable bonds is 4. The zero-order valence-corrected chi connectivity index (χ0v) is 10.6. The van der Waals surface area contributed by atoms with Crippen LogP contribution < -0.4 is 0 Å². The van der Waals surface area contributed by atoms with E-state index in [9.17, 15) is 10.0 Å². The highest BCUT2D eigenvalue weighted by Crippen LogP contribution is 2.15. The molecule has 0 aliphatic carbocycles. The van der Waals surface area contributed by atoms with Gasteiger partial charge in [-0.05, 0) is 36.9 Å². The molecule has 0 spiro atoms. The smallest absolute Gasteiger partial charge is 0.423 e. The predicted molar refractivity (Wildman–Crippen MR) is 73.4 cm³/mol. The van der Waals surface area contributed by atoms with Crippen molar-refractivity contribution in [3.05, 3.63) is 52.5 Å². The third-order valence-electron chi connectivity index (χ3n) is 2.78. The standard InChI is InChI=1S/C14H19BO2/c1-4-11(2)9-14(15(16)17)10-13-8-6-5-7-12(13)3/h5-10,16-17H,4H2,1-3H3/b11-9+,14-10+. The maximum absolute atomic E-state index is 9.35. The molecular weight excluding hydrogens is 211 g/mol. The van der Waals surface area contributed by atoms with Gasteiger partial charge in [0.05, 0.1) is 0 Å². The van der Waals surface area contributed by atoms with E-state index in [-0.39, 0.29) is 0 Å². The van der Waals surface area contributed by atoms with Gasteiger partial charge in [0.15, 0.2) is 0 Å². The minimum atomic E-state index is -1.43. The van der Waals surface area contributed by atoms with Crippen molar-refractivity contribution < 1.29 is 10.0 Å². The number of aryl methyl sites for hydroxylation is 1. The minimum Gasteiger partial charge on any atom is -0.423 e. The molecule has 0 saturated carbocycles. The third-order valence-corrected chi connectivity index (χ3v) is 2.78. The van der Waals surface area contributed by atoms with E-state index in [0.29, 0.717) is 5.47 Å². The largest absolute Gasteiger partial charge is 0.488 e. The van der Waals surface area contributed by atoms with Crippen molar-refractivity contribution in [2.75, 3.05) is 0 Å². The lowest BCUT2D eigenvalue weighted by Gasteiger charge is -2.05. The van der Waals surface area contributed by atoms with Gasteiger partial charge in [-0.3, -0.25) is 0 Å². The first-order valence-corrected chi connectivity index (χ1v) is 5.85. The molecule has 0 aliphatic rings. The lowest BCUT2D eigenvalue weighted by atomic mass is 9.77. The van der Waals surface area contributed by atoms with E-state index in [1.807, 2.05) is 57.2 Å². The molecule has 1 rings (SSSR count). The van der Waals surface area contributed by atoms with Gasteiger partial charge in [-0.15, -0.1) is 0 Å². The average molecular weight is 230 g/mol. The lowest BCUT2D eigenvalue weighted by Crippen LogP contribution is -2.14. The highest BCUT2D eigenvalue weighted by atomic mass is 16.4. The van der Waals surface area contributed by atoms with E-state index < -0.39 is 7.12 Å². The molecule has 17 heavy (non-hydrogen) atoms. The van der Waals surface area contributed by atoms with Gasteiger partial charge in [0.2, 0.25) is 0 Å². The van der Waals surface area contributed by atoms with Gasteiger partial charge in [0.1, 0.15) is 0 Å². The van der Waals surface area contributed by atoms with Crippen molar-refractivity contribution in [1.82, 2.24) is 0 Å². The summed E-state index contributed by atoms with van der Waals surface area (Å²) in [5, 5.41) is 18.7. The monoisotopic (exact) mass is 230 g/mol. The SMILES string of the molecule is CC/C(C)=C/C(=C\c1ccccc1C)B(O)O. The van der Waals surface area contributed by atoms with E-state index in [0.717, 1.165) is 23.1 Å². The molecule has 0 radical (unpaired) electrons. The van der Waals surface area contributed by atoms with Crippen molar-refractivity contribution >= 4 is 13.2 Å². The molecule has 90 valence electrons. The van der Waals surface area contributed by atoms with Crippen molar-refractivity contribution in [1.29, 1.82) is 0 Å². The van der Waals surface area contributed by atoms with Crippen LogP contribution in [0.2, 0.25) is 0 Å². The van der Waals surface area contributed by atoms with Crippen molar-refractivity contribution in [3.8, 4) is 0 Å². The fourth-order valence-electron chi connectivity index (χ4n) is 1.51. The van der Waals surface area contributed by atoms with Crippen LogP contribution in [0.5, 0.6) is 0 Å². The topological polar surface area (TPSA) is 40.5 Å². The fourth-order valence-corrected chi connectivity index (χ4v) is 1.51. The molecule has 0 bridgehead atoms. The molecule has 1 aromatic rings. The predicted octanol–water partition coefficient (Wildman–Crippen LogP) is 2.75. The van der Waals surface area contributed by atoms with Crippen LogP contribution in [0, 0.1) is 6.92 Å². The summed E-state index contributed by atoms with van der Waals surface area (Å²) in [6.45, 7) is 6.03. The maximum Gasteiger partial charge on any atom is 0.488 e. The van der Waals surface area contributed by atoms with Crippen molar-refractivity contribution in [2.45, 2.75) is 27.2 Å². The second kappa shape index (κ2) is 6.43. The van der Waals surface area contributed by atoms with E-state index in [4.69, 9.17) is 0 Å². The first kappa shape index (κ1) is 13.7. The lowest BCUT2D eigenvalue weighted by molar-refractivity contribution is 0.421. The molecule has 0 fully saturated rings. The Morgan fingerprint density at radius 3 is 2.47 bits per heavy atom. The van der Waals surface area contributed by atoms with Crippen LogP contribution in [0.3, 0.4) is 0 Å². The molecular formula is C14H19BO2. The van der Waals surface area contributed by atoms with Gasteiger partial charge in [0, 0.05) is 0 Å². The number of allylic oxidation sites excluding steroid dienone is 3. The van der Waals surface area contributed by atoms with Gasteiger partial charge in [0.25, 0.3) is 0 Å². The van der Waals surface area contributed by atoms with Gasteiger partial charge in [-0.1, -0.05) is 48.9 Å². The molecule has 1 aromatic carbocycles. The molecule has 2 nitrogen and oxygen atoms in total. The third kappa shape index (κ3) is 4.21. The van der Waals surface area contributed by atoms with Crippen LogP contribution >= 0.6 is 0 Å². The van der Waals surface area contributed by atoms with E-state index in [1.54, 1.807) is 0 Å². The van der Waals surface area contributed by atoms with Gasteiger partial charge in [-0.25, -0.2) is 0 Å². The van der Waals surface area contributed by atoms with E-state index in [2.05, 4.69) is 0 Å². The van der Waals surface area contributed by atoms with Gasteiger partial charge < -0.3 is 10.0 Å². The highest BCUT2D eigenvalue weighted by molar-refractivity contribution is 6.53. The first-order chi connectivity index (χ1) is 8.04. The van der Waals surface area contributed by atoms with Crippen LogP contribution in [0.15, 0.2) is 41.4 Å². The summed E-state index contributed by atoms with van der Waals surface area (Å²) in [4.78, 5) is 0. The molecule has 0 heterocycles. The Balaban J connectivity index is 3.12. The van der Waals surface area contributed by atoms with Crippen LogP contribution in [-0.2, 0) is 0 Å². The second-order valence-corrected chi connectivity index (χ2v) is 4.22. The summed E-state index contributed by atoms with van der Waals surface area (Å²) in [6.07, 6.45) is 4.55. The molecule has 0 saturated heterocycles. The molecule has 2 N–H and O–H groups in total. The van der Waals surface area contributed by atoms with E-state index >= 15 is 0 Å². The van der Waals surface area contributed by atoms with Gasteiger partial charge in [-0.2, -0.15) is 0 Å². The summed E-state index contributed by atoms with van der Waals surface area (Å²) < 4.78 is 0. The summed E-state index contributed by atoms with van der Waals surface area (Å²) in [7, 11) is -1.43. The Hall–Kier alpha value is -1.32. The Kier molecular flexibility index (Phi) is 5.20. The zero-order valence-electron chi connectivity index (χ0n) is 10.6. The summed E-state index contributed by atoms with van der Waals surface area (Å²) >= 11 is 0. The average Bonchev–Trinajstić information content (AvgIpc) is 2.30. The van der Waals surface area contributed by atoms with Crippen LogP contribution in [0.25, 0.3) is 6.08 Å². The normalized spacial score (nSPS) is 12.8. The van der Waals surface area contributed by atoms with Crippen LogP contribution in [0.1, 0.15) is 31.4 Å². The van der Waals surface area contributed by atoms with Gasteiger partial charge >= 0.3 is 7.12 Å². The summed E-state index contributed by atoms with van der Waals surface area (Å²) in [5.41, 5.74) is 3.78. The molecule has 0 amide bonds. The quantitative estimate of drug-likeness (QED) is 0.616.